The van der Waals surface area contributed by atoms with E-state index in [4.69, 9.17) is 9.47 Å². The third kappa shape index (κ3) is 5.79. The smallest absolute Gasteiger partial charge is 0.242 e. The molecule has 0 aliphatic carbocycles. The van der Waals surface area contributed by atoms with Gasteiger partial charge in [0.15, 0.2) is 11.5 Å². The van der Waals surface area contributed by atoms with Crippen LogP contribution >= 0.6 is 11.3 Å². The molecule has 6 nitrogen and oxygen atoms in total. The third-order valence-corrected chi connectivity index (χ3v) is 6.63. The van der Waals surface area contributed by atoms with Gasteiger partial charge in [0.2, 0.25) is 11.8 Å². The van der Waals surface area contributed by atoms with Gasteiger partial charge in [-0.1, -0.05) is 26.0 Å². The molecular weight excluding hydrogens is 412 g/mol. The third-order valence-electron chi connectivity index (χ3n) is 5.63. The maximum absolute atomic E-state index is 13.3. The molecule has 0 saturated carbocycles. The van der Waals surface area contributed by atoms with Crippen LogP contribution in [0.25, 0.3) is 0 Å². The summed E-state index contributed by atoms with van der Waals surface area (Å²) in [7, 11) is 1.61. The number of hydrogen-bond donors (Lipinski definition) is 0. The molecule has 31 heavy (non-hydrogen) atoms. The average molecular weight is 445 g/mol. The second-order valence-electron chi connectivity index (χ2n) is 8.24. The largest absolute Gasteiger partial charge is 0.493 e. The molecule has 3 rings (SSSR count). The molecule has 168 valence electrons. The van der Waals surface area contributed by atoms with Crippen molar-refractivity contribution in [2.75, 3.05) is 33.4 Å². The molecule has 1 aliphatic rings. The number of carbonyl (C=O) groups is 2. The maximum atomic E-state index is 13.3. The second kappa shape index (κ2) is 10.7. The van der Waals surface area contributed by atoms with Gasteiger partial charge in [-0.25, -0.2) is 0 Å². The summed E-state index contributed by atoms with van der Waals surface area (Å²) in [5.74, 6) is 1.69. The van der Waals surface area contributed by atoms with Crippen molar-refractivity contribution in [1.29, 1.82) is 0 Å². The van der Waals surface area contributed by atoms with Gasteiger partial charge >= 0.3 is 0 Å². The Kier molecular flexibility index (Phi) is 7.96. The minimum atomic E-state index is -0.189. The Bertz CT molecular complexity index is 895. The molecule has 2 heterocycles. The summed E-state index contributed by atoms with van der Waals surface area (Å²) in [5.41, 5.74) is 1.14. The van der Waals surface area contributed by atoms with Crippen molar-refractivity contribution < 1.29 is 19.1 Å². The Hall–Kier alpha value is -2.54. The average Bonchev–Trinajstić information content (AvgIpc) is 3.23. The molecule has 1 aliphatic heterocycles. The van der Waals surface area contributed by atoms with Crippen molar-refractivity contribution in [3.8, 4) is 11.5 Å². The van der Waals surface area contributed by atoms with E-state index in [9.17, 15) is 9.59 Å². The molecule has 0 radical (unpaired) electrons. The molecular formula is C24H32N2O4S. The lowest BCUT2D eigenvalue weighted by Crippen LogP contribution is -2.47. The van der Waals surface area contributed by atoms with Gasteiger partial charge in [0, 0.05) is 24.9 Å². The first-order chi connectivity index (χ1) is 14.9. The van der Waals surface area contributed by atoms with Gasteiger partial charge in [0.25, 0.3) is 0 Å². The number of hydrogen-bond acceptors (Lipinski definition) is 5. The molecule has 7 heteroatoms. The van der Waals surface area contributed by atoms with Gasteiger partial charge in [0.05, 0.1) is 19.7 Å². The van der Waals surface area contributed by atoms with Crippen LogP contribution < -0.4 is 9.47 Å². The molecule has 1 aromatic carbocycles. The first kappa shape index (κ1) is 23.1. The van der Waals surface area contributed by atoms with Gasteiger partial charge in [0.1, 0.15) is 6.61 Å². The van der Waals surface area contributed by atoms with E-state index in [1.165, 1.54) is 11.8 Å². The van der Waals surface area contributed by atoms with Crippen LogP contribution in [0.1, 0.15) is 43.7 Å². The predicted octanol–water partition coefficient (Wildman–Crippen LogP) is 4.16. The number of para-hydroxylation sites is 2. The minimum Gasteiger partial charge on any atom is -0.493 e. The maximum Gasteiger partial charge on any atom is 0.242 e. The van der Waals surface area contributed by atoms with Crippen LogP contribution in [-0.2, 0) is 16.0 Å². The monoisotopic (exact) mass is 444 g/mol. The number of thiophene rings is 1. The zero-order valence-corrected chi connectivity index (χ0v) is 19.6. The van der Waals surface area contributed by atoms with Crippen LogP contribution in [-0.4, -0.2) is 55.0 Å². The van der Waals surface area contributed by atoms with Crippen LogP contribution in [0.5, 0.6) is 11.5 Å². The van der Waals surface area contributed by atoms with E-state index in [2.05, 4.69) is 25.3 Å². The highest BCUT2D eigenvalue weighted by Crippen LogP contribution is 2.35. The highest BCUT2D eigenvalue weighted by atomic mass is 32.1. The topological polar surface area (TPSA) is 59.1 Å². The van der Waals surface area contributed by atoms with Crippen molar-refractivity contribution in [2.45, 2.75) is 39.7 Å². The SMILES string of the molecule is COc1ccccc1OC[C@H]1c2ccsc2CCN1C(=O)CN(CCC(C)C)C(C)=O. The number of benzene rings is 1. The number of ether oxygens (including phenoxy) is 2. The summed E-state index contributed by atoms with van der Waals surface area (Å²) in [6.07, 6.45) is 1.71. The number of nitrogens with zero attached hydrogens (tertiary/aromatic N) is 2. The quantitative estimate of drug-likeness (QED) is 0.583. The fourth-order valence-corrected chi connectivity index (χ4v) is 4.73. The zero-order valence-electron chi connectivity index (χ0n) is 18.8. The first-order valence-corrected chi connectivity index (χ1v) is 11.7. The van der Waals surface area contributed by atoms with Crippen LogP contribution in [0.2, 0.25) is 0 Å². The highest BCUT2D eigenvalue weighted by Gasteiger charge is 2.33. The number of amides is 2. The van der Waals surface area contributed by atoms with E-state index >= 15 is 0 Å². The van der Waals surface area contributed by atoms with E-state index < -0.39 is 0 Å². The lowest BCUT2D eigenvalue weighted by atomic mass is 10.0. The van der Waals surface area contributed by atoms with Gasteiger partial charge in [-0.3, -0.25) is 9.59 Å². The van der Waals surface area contributed by atoms with Crippen LogP contribution in [0.15, 0.2) is 35.7 Å². The van der Waals surface area contributed by atoms with E-state index in [1.807, 2.05) is 29.2 Å². The van der Waals surface area contributed by atoms with E-state index in [0.29, 0.717) is 37.1 Å². The summed E-state index contributed by atoms with van der Waals surface area (Å²) < 4.78 is 11.5. The number of carbonyl (C=O) groups excluding carboxylic acids is 2. The Morgan fingerprint density at radius 3 is 2.65 bits per heavy atom. The predicted molar refractivity (Wildman–Crippen MR) is 123 cm³/mol. The Morgan fingerprint density at radius 2 is 1.97 bits per heavy atom. The standard InChI is InChI=1S/C24H32N2O4S/c1-17(2)9-12-25(18(3)27)15-24(28)26-13-10-23-19(11-14-31-23)20(26)16-30-22-8-6-5-7-21(22)29-4/h5-8,11,14,17,20H,9-10,12-13,15-16H2,1-4H3/t20-/m0/s1. The molecule has 0 saturated heterocycles. The van der Waals surface area contributed by atoms with Gasteiger partial charge in [-0.15, -0.1) is 11.3 Å². The number of fused-ring (bicyclic) bond motifs is 1. The fourth-order valence-electron chi connectivity index (χ4n) is 3.80. The molecule has 1 aromatic heterocycles. The Balaban J connectivity index is 1.76. The van der Waals surface area contributed by atoms with Crippen LogP contribution in [0, 0.1) is 5.92 Å². The summed E-state index contributed by atoms with van der Waals surface area (Å²) in [6, 6.07) is 9.41. The van der Waals surface area contributed by atoms with Crippen molar-refractivity contribution in [1.82, 2.24) is 9.80 Å². The Morgan fingerprint density at radius 1 is 1.23 bits per heavy atom. The van der Waals surface area contributed by atoms with Crippen molar-refractivity contribution in [2.24, 2.45) is 5.92 Å². The first-order valence-electron chi connectivity index (χ1n) is 10.8. The molecule has 0 bridgehead atoms. The van der Waals surface area contributed by atoms with Crippen LogP contribution in [0.4, 0.5) is 0 Å². The van der Waals surface area contributed by atoms with E-state index in [1.54, 1.807) is 23.3 Å². The molecule has 0 unspecified atom stereocenters. The van der Waals surface area contributed by atoms with E-state index in [-0.39, 0.29) is 24.4 Å². The summed E-state index contributed by atoms with van der Waals surface area (Å²) in [6.45, 7) is 7.43. The zero-order chi connectivity index (χ0) is 22.4. The van der Waals surface area contributed by atoms with Gasteiger partial charge < -0.3 is 19.3 Å². The Labute approximate surface area is 188 Å². The van der Waals surface area contributed by atoms with E-state index in [0.717, 1.165) is 18.4 Å². The summed E-state index contributed by atoms with van der Waals surface area (Å²) >= 11 is 1.72. The minimum absolute atomic E-state index is 0.0376. The molecule has 0 spiro atoms. The van der Waals surface area contributed by atoms with Crippen molar-refractivity contribution in [3.63, 3.8) is 0 Å². The summed E-state index contributed by atoms with van der Waals surface area (Å²) in [5, 5.41) is 2.07. The van der Waals surface area contributed by atoms with Crippen molar-refractivity contribution >= 4 is 23.2 Å². The molecule has 2 aromatic rings. The fraction of sp³-hybridized carbons (Fsp3) is 0.500. The highest BCUT2D eigenvalue weighted by molar-refractivity contribution is 7.10. The summed E-state index contributed by atoms with van der Waals surface area (Å²) in [4.78, 5) is 30.2. The number of rotatable bonds is 9. The molecule has 0 N–H and O–H groups in total. The van der Waals surface area contributed by atoms with Gasteiger partial charge in [-0.2, -0.15) is 0 Å². The number of methoxy groups -OCH3 is 1. The lowest BCUT2D eigenvalue weighted by Gasteiger charge is -2.37. The molecule has 2 amide bonds. The second-order valence-corrected chi connectivity index (χ2v) is 9.24. The molecule has 0 fully saturated rings. The van der Waals surface area contributed by atoms with Crippen LogP contribution in [0.3, 0.4) is 0 Å². The molecule has 1 atom stereocenters. The lowest BCUT2D eigenvalue weighted by molar-refractivity contribution is -0.142. The van der Waals surface area contributed by atoms with Crippen molar-refractivity contribution in [3.05, 3.63) is 46.2 Å². The normalized spacial score (nSPS) is 15.5. The van der Waals surface area contributed by atoms with Gasteiger partial charge in [-0.05, 0) is 47.9 Å².